The quantitative estimate of drug-likeness (QED) is 0.0222. The average molecular weight is 1350 g/mol. The van der Waals surface area contributed by atoms with Gasteiger partial charge in [-0.1, -0.05) is 324 Å². The van der Waals surface area contributed by atoms with Gasteiger partial charge in [0.15, 0.2) is 12.2 Å². The van der Waals surface area contributed by atoms with E-state index in [1.54, 1.807) is 0 Å². The first kappa shape index (κ1) is 90.1. The molecule has 546 valence electrons. The number of aliphatic hydroxyl groups excluding tert-OH is 1. The van der Waals surface area contributed by atoms with Gasteiger partial charge in [0, 0.05) is 25.7 Å². The van der Waals surface area contributed by atoms with Crippen LogP contribution >= 0.6 is 15.6 Å². The Kier molecular flexibility index (Phi) is 63.7. The number of aliphatic hydroxyl groups is 1. The molecule has 0 saturated heterocycles. The second kappa shape index (κ2) is 65.0. The maximum Gasteiger partial charge on any atom is 0.472 e. The van der Waals surface area contributed by atoms with Gasteiger partial charge < -0.3 is 33.8 Å². The Morgan fingerprint density at radius 3 is 0.826 bits per heavy atom. The van der Waals surface area contributed by atoms with Gasteiger partial charge in [-0.3, -0.25) is 37.3 Å². The number of carbonyl (C=O) groups excluding carboxylic acids is 4. The average Bonchev–Trinajstić information content (AvgIpc) is 1.95. The van der Waals surface area contributed by atoms with Crippen LogP contribution < -0.4 is 0 Å². The van der Waals surface area contributed by atoms with E-state index in [1.165, 1.54) is 193 Å². The van der Waals surface area contributed by atoms with E-state index in [0.29, 0.717) is 25.7 Å². The summed E-state index contributed by atoms with van der Waals surface area (Å²) in [7, 11) is -9.91. The standard InChI is InChI=1S/C73H142O17P2/c1-7-10-12-14-16-18-20-21-22-23-27-31-38-44-50-56-71(76)84-61-68(89-72(77)57-51-45-39-32-28-25-24-26-29-35-41-47-53-65(4)5)63-87-91(79,80)85-59-67(74)60-86-92(81,82)88-64-69(62-83-70(75)55-49-43-37-30-19-17-15-13-11-8-2)90-73(78)58-52-46-40-34-33-36-42-48-54-66(6)9-3/h65-69,74H,7-64H2,1-6H3,(H,79,80)(H,81,82)/t66?,67-,68-,69-/m1/s1. The van der Waals surface area contributed by atoms with Crippen molar-refractivity contribution >= 4 is 39.5 Å². The molecule has 6 atom stereocenters. The highest BCUT2D eigenvalue weighted by molar-refractivity contribution is 7.47. The normalized spacial score (nSPS) is 14.4. The van der Waals surface area contributed by atoms with Crippen molar-refractivity contribution in [2.45, 2.75) is 394 Å². The molecule has 3 unspecified atom stereocenters. The number of carbonyl (C=O) groups is 4. The van der Waals surface area contributed by atoms with Crippen molar-refractivity contribution < 1.29 is 80.2 Å². The molecule has 0 aliphatic rings. The van der Waals surface area contributed by atoms with Crippen molar-refractivity contribution in [2.24, 2.45) is 11.8 Å². The Balaban J connectivity index is 5.25. The summed E-state index contributed by atoms with van der Waals surface area (Å²) in [5.74, 6) is -0.573. The van der Waals surface area contributed by atoms with E-state index in [-0.39, 0.29) is 25.7 Å². The van der Waals surface area contributed by atoms with Crippen molar-refractivity contribution in [1.82, 2.24) is 0 Å². The van der Waals surface area contributed by atoms with Crippen LogP contribution in [0.25, 0.3) is 0 Å². The van der Waals surface area contributed by atoms with Crippen LogP contribution in [0.5, 0.6) is 0 Å². The number of phosphoric ester groups is 2. The molecule has 17 nitrogen and oxygen atoms in total. The van der Waals surface area contributed by atoms with Crippen molar-refractivity contribution in [3.05, 3.63) is 0 Å². The molecule has 3 N–H and O–H groups in total. The fourth-order valence-corrected chi connectivity index (χ4v) is 12.7. The van der Waals surface area contributed by atoms with Crippen molar-refractivity contribution in [2.75, 3.05) is 39.6 Å². The molecule has 0 fully saturated rings. The minimum atomic E-state index is -4.95. The van der Waals surface area contributed by atoms with Gasteiger partial charge in [0.25, 0.3) is 0 Å². The van der Waals surface area contributed by atoms with Crippen molar-refractivity contribution in [3.63, 3.8) is 0 Å². The topological polar surface area (TPSA) is 237 Å². The number of esters is 4. The van der Waals surface area contributed by atoms with Crippen molar-refractivity contribution in [3.8, 4) is 0 Å². The molecule has 0 aliphatic carbocycles. The highest BCUT2D eigenvalue weighted by atomic mass is 31.2. The molecule has 0 bridgehead atoms. The first-order chi connectivity index (χ1) is 44.4. The summed E-state index contributed by atoms with van der Waals surface area (Å²) in [6.07, 6.45) is 51.2. The fourth-order valence-electron chi connectivity index (χ4n) is 11.1. The first-order valence-corrected chi connectivity index (χ1v) is 41.0. The maximum atomic E-state index is 13.1. The van der Waals surface area contributed by atoms with Crippen LogP contribution in [-0.2, 0) is 65.4 Å². The molecular formula is C73H142O17P2. The summed E-state index contributed by atoms with van der Waals surface area (Å²) >= 11 is 0. The number of hydrogen-bond acceptors (Lipinski definition) is 15. The Labute approximate surface area is 562 Å². The molecule has 92 heavy (non-hydrogen) atoms. The van der Waals surface area contributed by atoms with E-state index in [0.717, 1.165) is 102 Å². The molecule has 0 heterocycles. The zero-order valence-corrected chi connectivity index (χ0v) is 61.6. The van der Waals surface area contributed by atoms with E-state index in [1.807, 2.05) is 0 Å². The van der Waals surface area contributed by atoms with Gasteiger partial charge >= 0.3 is 39.5 Å². The second-order valence-corrected chi connectivity index (χ2v) is 30.0. The van der Waals surface area contributed by atoms with Gasteiger partial charge in [-0.25, -0.2) is 9.13 Å². The minimum absolute atomic E-state index is 0.105. The number of hydrogen-bond donors (Lipinski definition) is 3. The highest BCUT2D eigenvalue weighted by Crippen LogP contribution is 2.45. The summed E-state index contributed by atoms with van der Waals surface area (Å²) < 4.78 is 68.4. The largest absolute Gasteiger partial charge is 0.472 e. The molecule has 0 saturated carbocycles. The monoisotopic (exact) mass is 1350 g/mol. The van der Waals surface area contributed by atoms with Crippen LogP contribution in [0, 0.1) is 11.8 Å². The third kappa shape index (κ3) is 65.4. The molecule has 0 aromatic heterocycles. The third-order valence-corrected chi connectivity index (χ3v) is 19.2. The molecule has 0 rings (SSSR count). The Morgan fingerprint density at radius 1 is 0.315 bits per heavy atom. The number of ether oxygens (including phenoxy) is 4. The maximum absolute atomic E-state index is 13.1. The van der Waals surface area contributed by atoms with E-state index in [4.69, 9.17) is 37.0 Å². The lowest BCUT2D eigenvalue weighted by molar-refractivity contribution is -0.161. The predicted molar refractivity (Wildman–Crippen MR) is 372 cm³/mol. The van der Waals surface area contributed by atoms with Gasteiger partial charge in [-0.2, -0.15) is 0 Å². The third-order valence-electron chi connectivity index (χ3n) is 17.3. The van der Waals surface area contributed by atoms with E-state index < -0.39 is 97.5 Å². The summed E-state index contributed by atoms with van der Waals surface area (Å²) in [5.41, 5.74) is 0. The number of phosphoric acid groups is 2. The van der Waals surface area contributed by atoms with Crippen LogP contribution in [-0.4, -0.2) is 96.7 Å². The molecule has 0 amide bonds. The van der Waals surface area contributed by atoms with Gasteiger partial charge in [-0.15, -0.1) is 0 Å². The van der Waals surface area contributed by atoms with Crippen LogP contribution in [0.3, 0.4) is 0 Å². The SMILES string of the molecule is CCCCCCCCCCCCCCCCCC(=O)OC[C@H](COP(=O)(O)OC[C@@H](O)COP(=O)(O)OC[C@@H](COC(=O)CCCCCCCCCCCC)OC(=O)CCCCCCCCCCC(C)CC)OC(=O)CCCCCCCCCCCCCCC(C)C. The molecule has 19 heteroatoms. The molecular weight excluding hydrogens is 1210 g/mol. The fraction of sp³-hybridized carbons (Fsp3) is 0.945. The molecule has 0 radical (unpaired) electrons. The zero-order valence-electron chi connectivity index (χ0n) is 59.9. The highest BCUT2D eigenvalue weighted by Gasteiger charge is 2.30. The molecule has 0 spiro atoms. The van der Waals surface area contributed by atoms with Crippen LogP contribution in [0.4, 0.5) is 0 Å². The van der Waals surface area contributed by atoms with Crippen LogP contribution in [0.15, 0.2) is 0 Å². The summed E-state index contributed by atoms with van der Waals surface area (Å²) in [6, 6.07) is 0. The van der Waals surface area contributed by atoms with Gasteiger partial charge in [0.05, 0.1) is 26.4 Å². The molecule has 0 aromatic carbocycles. The van der Waals surface area contributed by atoms with Crippen LogP contribution in [0.1, 0.15) is 375 Å². The Bertz CT molecular complexity index is 1790. The van der Waals surface area contributed by atoms with Crippen LogP contribution in [0.2, 0.25) is 0 Å². The lowest BCUT2D eigenvalue weighted by Gasteiger charge is -2.21. The summed E-state index contributed by atoms with van der Waals surface area (Å²) in [4.78, 5) is 72.7. The predicted octanol–water partition coefficient (Wildman–Crippen LogP) is 21.2. The summed E-state index contributed by atoms with van der Waals surface area (Å²) in [6.45, 7) is 9.58. The summed E-state index contributed by atoms with van der Waals surface area (Å²) in [5, 5.41) is 10.6. The molecule has 0 aromatic rings. The van der Waals surface area contributed by atoms with Gasteiger partial charge in [0.2, 0.25) is 0 Å². The zero-order chi connectivity index (χ0) is 67.9. The second-order valence-electron chi connectivity index (χ2n) is 27.1. The lowest BCUT2D eigenvalue weighted by Crippen LogP contribution is -2.30. The lowest BCUT2D eigenvalue weighted by atomic mass is 9.99. The van der Waals surface area contributed by atoms with Crippen molar-refractivity contribution in [1.29, 1.82) is 0 Å². The van der Waals surface area contributed by atoms with E-state index >= 15 is 0 Å². The van der Waals surface area contributed by atoms with E-state index in [9.17, 15) is 43.2 Å². The van der Waals surface area contributed by atoms with Gasteiger partial charge in [-0.05, 0) is 37.5 Å². The first-order valence-electron chi connectivity index (χ1n) is 38.0. The van der Waals surface area contributed by atoms with Gasteiger partial charge in [0.1, 0.15) is 19.3 Å². The number of unbranched alkanes of at least 4 members (excludes halogenated alkanes) is 41. The molecule has 0 aliphatic heterocycles. The smallest absolute Gasteiger partial charge is 0.462 e. The minimum Gasteiger partial charge on any atom is -0.462 e. The number of rotatable bonds is 72. The Hall–Kier alpha value is -1.94. The van der Waals surface area contributed by atoms with E-state index in [2.05, 4.69) is 41.5 Å². The Morgan fingerprint density at radius 2 is 0.554 bits per heavy atom.